The topological polar surface area (TPSA) is 352 Å². The van der Waals surface area contributed by atoms with E-state index in [0.29, 0.717) is 118 Å². The number of ketones is 1. The Hall–Kier alpha value is -12.5. The number of hydrogen-bond acceptors (Lipinski definition) is 22. The van der Waals surface area contributed by atoms with Gasteiger partial charge < -0.3 is 53.7 Å². The number of amides is 3. The van der Waals surface area contributed by atoms with Crippen molar-refractivity contribution in [1.82, 2.24) is 89.4 Å². The summed E-state index contributed by atoms with van der Waals surface area (Å²) in [4.78, 5) is 65.9. The van der Waals surface area contributed by atoms with Crippen LogP contribution in [0, 0.1) is 30.6 Å². The van der Waals surface area contributed by atoms with Crippen molar-refractivity contribution in [2.45, 2.75) is 155 Å². The van der Waals surface area contributed by atoms with Crippen LogP contribution >= 0.6 is 0 Å². The number of methoxy groups -OCH3 is 1. The number of aryl methyl sites for hydroxylation is 6. The summed E-state index contributed by atoms with van der Waals surface area (Å²) in [7, 11) is 7.97. The molecule has 0 unspecified atom stereocenters. The highest BCUT2D eigenvalue weighted by Crippen LogP contribution is 2.41. The highest BCUT2D eigenvalue weighted by molar-refractivity contribution is 7.93. The van der Waals surface area contributed by atoms with E-state index in [1.807, 2.05) is 172 Å². The SMILES string of the molecule is COc1cc(-c2cc3nn(C)cc3c(O[C@H](C)[C@H]3CNC(=O)C3)n2)ccc1OC1CCCCC1.C[C@@H](Oc1nc(-c2ccc3ccn(C)c3c2)cc2nn(C)cc12)[C@H]1CNC(=O)C1.C[C@@H](Oc1nc(-c2cnn([C@@H]3CCOC3)c2)cc2nn(C)cc12)[C@H]1CCC(=O)C1.Cc1cc(-c2cc3nn(C)cc3c(O[C@H](C)[C@H]3CNC(=O)C3)n2)ccc1N1CCCS1(=O)=O. The number of carbonyl (C=O) groups excluding carboxylic acids is 4. The number of anilines is 1. The molecule has 9 atom stereocenters. The first-order valence-electron chi connectivity index (χ1n) is 43.3. The minimum atomic E-state index is -3.24. The van der Waals surface area contributed by atoms with Crippen LogP contribution in [0.4, 0.5) is 5.69 Å². The number of pyridine rings is 4. The number of ether oxygens (including phenoxy) is 7. The van der Waals surface area contributed by atoms with Gasteiger partial charge in [-0.1, -0.05) is 24.6 Å². The summed E-state index contributed by atoms with van der Waals surface area (Å²) in [6.45, 7) is 13.7. The molecule has 3 aromatic carbocycles. The Morgan fingerprint density at radius 2 is 0.968 bits per heavy atom. The first kappa shape index (κ1) is 84.7. The van der Waals surface area contributed by atoms with E-state index in [4.69, 9.17) is 53.1 Å². The lowest BCUT2D eigenvalue weighted by atomic mass is 9.98. The van der Waals surface area contributed by atoms with Gasteiger partial charge in [-0.15, -0.1) is 0 Å². The Kier molecular flexibility index (Phi) is 24.4. The number of nitrogens with one attached hydrogen (secondary N) is 3. The molecular formula is C92H107N19O13S. The highest BCUT2D eigenvalue weighted by Gasteiger charge is 2.36. The lowest BCUT2D eigenvalue weighted by molar-refractivity contribution is -0.120. The average molecular weight is 1720 g/mol. The zero-order chi connectivity index (χ0) is 87.1. The highest BCUT2D eigenvalue weighted by atomic mass is 32.2. The van der Waals surface area contributed by atoms with Crippen LogP contribution in [0.3, 0.4) is 0 Å². The van der Waals surface area contributed by atoms with Gasteiger partial charge in [0.25, 0.3) is 0 Å². The first-order valence-corrected chi connectivity index (χ1v) is 44.9. The van der Waals surface area contributed by atoms with Gasteiger partial charge in [0, 0.05) is 189 Å². The number of hydrogen-bond donors (Lipinski definition) is 3. The number of fused-ring (bicyclic) bond motifs is 5. The van der Waals surface area contributed by atoms with Crippen molar-refractivity contribution in [3.05, 3.63) is 134 Å². The van der Waals surface area contributed by atoms with E-state index in [-0.39, 0.29) is 83.7 Å². The maximum absolute atomic E-state index is 12.4. The van der Waals surface area contributed by atoms with Crippen molar-refractivity contribution in [2.24, 2.45) is 58.9 Å². The fraction of sp³-hybridized carbons (Fsp3) is 0.446. The van der Waals surface area contributed by atoms with Crippen molar-refractivity contribution in [2.75, 3.05) is 56.6 Å². The Morgan fingerprint density at radius 3 is 1.41 bits per heavy atom. The van der Waals surface area contributed by atoms with Gasteiger partial charge in [-0.05, 0) is 157 Å². The lowest BCUT2D eigenvalue weighted by Crippen LogP contribution is -2.26. The Balaban J connectivity index is 0.000000118. The van der Waals surface area contributed by atoms with E-state index < -0.39 is 10.0 Å². The van der Waals surface area contributed by atoms with Crippen LogP contribution < -0.4 is 48.7 Å². The van der Waals surface area contributed by atoms with Crippen LogP contribution in [0.25, 0.3) is 99.5 Å². The minimum absolute atomic E-state index is 0.0410. The monoisotopic (exact) mass is 1720 g/mol. The molecule has 5 aliphatic heterocycles. The third kappa shape index (κ3) is 18.8. The van der Waals surface area contributed by atoms with E-state index in [1.165, 1.54) is 29.0 Å². The summed E-state index contributed by atoms with van der Waals surface area (Å²) in [5.74, 6) is 4.85. The van der Waals surface area contributed by atoms with E-state index >= 15 is 0 Å². The van der Waals surface area contributed by atoms with Crippen LogP contribution in [-0.4, -0.2) is 188 Å². The standard InChI is InChI=1S/C26H32N4O4.C23H27N5O4S.C22H23N5O2.C21H25N5O3/c1-16(18-12-25(31)27-14-18)33-26-20-15-30(2)29-22(20)13-21(28-26)17-9-10-23(24(11-17)32-3)34-19-7-5-4-6-8-19;1-14-9-16(5-6-21(14)28-7-4-8-33(28,30)31)19-11-20-18(13-27(3)26-20)23(25-19)32-15(2)17-10-22(29)24-12-17;1-13(16-9-21(28)23-11-16)29-22-17-12-27(3)25-19(17)10-18(24-22)15-5-4-14-6-7-26(2)20(14)8-15;1-13(14-3-4-17(27)7-14)29-21-18-11-25(2)24-20(18)8-19(23-21)15-9-22-26(10-15)16-5-6-28-12-16/h9-11,13,15-16,18-19H,4-8,12,14H2,1-3H3,(H,27,31);5-6,9,11,13,15,17H,4,7-8,10,12H2,1-3H3,(H,24,29);4-8,10,12-13,16H,9,11H2,1-3H3,(H,23,28);8-11,13-14,16H,3-7,12H2,1-2H3/t16-,18-;15-,17-;13-,16-;13-,14+,16-/m1111/s1. The van der Waals surface area contributed by atoms with Crippen molar-refractivity contribution >= 4 is 93.7 Å². The Morgan fingerprint density at radius 1 is 0.496 bits per heavy atom. The summed E-state index contributed by atoms with van der Waals surface area (Å²) in [6.07, 6.45) is 24.2. The molecule has 2 saturated carbocycles. The van der Waals surface area contributed by atoms with Gasteiger partial charge in [0.05, 0.1) is 110 Å². The summed E-state index contributed by atoms with van der Waals surface area (Å²) < 4.78 is 79.8. The van der Waals surface area contributed by atoms with Gasteiger partial charge in [0.1, 0.15) is 30.2 Å². The molecule has 13 aromatic rings. The van der Waals surface area contributed by atoms with Crippen molar-refractivity contribution < 1.29 is 60.8 Å². The molecule has 5 saturated heterocycles. The molecule has 15 heterocycles. The van der Waals surface area contributed by atoms with Crippen molar-refractivity contribution in [1.29, 1.82) is 0 Å². The molecule has 0 spiro atoms. The van der Waals surface area contributed by atoms with Crippen LogP contribution in [0.2, 0.25) is 0 Å². The van der Waals surface area contributed by atoms with Crippen LogP contribution in [0.15, 0.2) is 128 Å². The van der Waals surface area contributed by atoms with Crippen LogP contribution in [0.5, 0.6) is 35.0 Å². The molecule has 2 aliphatic carbocycles. The summed E-state index contributed by atoms with van der Waals surface area (Å²) in [6, 6.07) is 28.1. The molecule has 20 rings (SSSR count). The second-order valence-electron chi connectivity index (χ2n) is 34.2. The Bertz CT molecular complexity index is 6330. The maximum atomic E-state index is 12.4. The number of aromatic nitrogens is 15. The quantitative estimate of drug-likeness (QED) is 0.0601. The number of sulfonamides is 1. The molecule has 0 bridgehead atoms. The molecule has 0 radical (unpaired) electrons. The zero-order valence-corrected chi connectivity index (χ0v) is 73.2. The molecule has 3 N–H and O–H groups in total. The van der Waals surface area contributed by atoms with Gasteiger partial charge >= 0.3 is 0 Å². The average Bonchev–Trinajstić information content (AvgIpc) is 1.70. The Labute approximate surface area is 724 Å². The van der Waals surface area contributed by atoms with Crippen molar-refractivity contribution in [3.8, 4) is 80.0 Å². The second-order valence-corrected chi connectivity index (χ2v) is 36.3. The van der Waals surface area contributed by atoms with Crippen LogP contribution in [-0.2, 0) is 69.2 Å². The molecule has 125 heavy (non-hydrogen) atoms. The van der Waals surface area contributed by atoms with E-state index in [9.17, 15) is 27.6 Å². The van der Waals surface area contributed by atoms with Crippen molar-refractivity contribution in [3.63, 3.8) is 0 Å². The second kappa shape index (κ2) is 36.0. The van der Waals surface area contributed by atoms with E-state index in [2.05, 4.69) is 76.5 Å². The molecule has 3 amide bonds. The maximum Gasteiger partial charge on any atom is 0.235 e. The van der Waals surface area contributed by atoms with Gasteiger partial charge in [-0.3, -0.25) is 46.9 Å². The number of rotatable bonds is 21. The number of carbonyl (C=O) groups is 4. The predicted octanol–water partition coefficient (Wildman–Crippen LogP) is 12.6. The fourth-order valence-electron chi connectivity index (χ4n) is 17.7. The van der Waals surface area contributed by atoms with E-state index in [1.54, 1.807) is 25.8 Å². The molecule has 33 heteroatoms. The largest absolute Gasteiger partial charge is 0.493 e. The molecular weight excluding hydrogens is 1610 g/mol. The van der Waals surface area contributed by atoms with E-state index in [0.717, 1.165) is 132 Å². The minimum Gasteiger partial charge on any atom is -0.493 e. The zero-order valence-electron chi connectivity index (χ0n) is 72.4. The molecule has 7 fully saturated rings. The smallest absolute Gasteiger partial charge is 0.235 e. The van der Waals surface area contributed by atoms with Gasteiger partial charge in [0.15, 0.2) is 11.5 Å². The number of benzene rings is 3. The molecule has 654 valence electrons. The molecule has 7 aliphatic rings. The predicted molar refractivity (Wildman–Crippen MR) is 473 cm³/mol. The third-order valence-electron chi connectivity index (χ3n) is 25.0. The number of Topliss-reactive ketones (excluding diaryl/α,β-unsaturated/α-hetero) is 1. The third-order valence-corrected chi connectivity index (χ3v) is 26.9. The summed E-state index contributed by atoms with van der Waals surface area (Å²) >= 11 is 0. The number of nitrogens with zero attached hydrogens (tertiary/aromatic N) is 16. The van der Waals surface area contributed by atoms with Gasteiger partial charge in [-0.25, -0.2) is 28.4 Å². The summed E-state index contributed by atoms with van der Waals surface area (Å²) in [5, 5.41) is 36.0. The normalized spacial score (nSPS) is 20.4. The first-order chi connectivity index (χ1) is 60.2. The molecule has 10 aromatic heterocycles. The fourth-order valence-corrected chi connectivity index (χ4v) is 19.3. The van der Waals surface area contributed by atoms with Gasteiger partial charge in [-0.2, -0.15) is 25.5 Å². The molecule has 32 nitrogen and oxygen atoms in total. The lowest BCUT2D eigenvalue weighted by Gasteiger charge is -2.24. The van der Waals surface area contributed by atoms with Gasteiger partial charge in [0.2, 0.25) is 51.3 Å². The summed E-state index contributed by atoms with van der Waals surface area (Å²) in [5.41, 5.74) is 12.7. The van der Waals surface area contributed by atoms with Crippen LogP contribution in [0.1, 0.15) is 123 Å².